The summed E-state index contributed by atoms with van der Waals surface area (Å²) in [5, 5.41) is 6.80. The quantitative estimate of drug-likeness (QED) is 0.238. The number of likely N-dealkylation sites (tertiary alicyclic amines) is 2. The van der Waals surface area contributed by atoms with Crippen molar-refractivity contribution in [3.63, 3.8) is 0 Å². The normalized spacial score (nSPS) is 18.1. The van der Waals surface area contributed by atoms with Gasteiger partial charge in [-0.15, -0.1) is 24.0 Å². The SMILES string of the molecule is CN=C(NCCCN1CCCCCC1)NCc1ccc(C(=O)N2CCCCC2)cc1.I. The van der Waals surface area contributed by atoms with Gasteiger partial charge in [0, 0.05) is 38.8 Å². The molecule has 2 heterocycles. The number of amides is 1. The largest absolute Gasteiger partial charge is 0.356 e. The summed E-state index contributed by atoms with van der Waals surface area (Å²) in [4.78, 5) is 21.5. The minimum Gasteiger partial charge on any atom is -0.356 e. The van der Waals surface area contributed by atoms with Crippen LogP contribution in [0.4, 0.5) is 0 Å². The third-order valence-electron chi connectivity index (χ3n) is 6.17. The lowest BCUT2D eigenvalue weighted by Crippen LogP contribution is -2.38. The molecule has 0 radical (unpaired) electrons. The highest BCUT2D eigenvalue weighted by Gasteiger charge is 2.17. The molecule has 1 aromatic rings. The maximum atomic E-state index is 12.6. The van der Waals surface area contributed by atoms with Crippen LogP contribution in [0.3, 0.4) is 0 Å². The van der Waals surface area contributed by atoms with Gasteiger partial charge in [0.05, 0.1) is 0 Å². The van der Waals surface area contributed by atoms with E-state index < -0.39 is 0 Å². The average molecular weight is 542 g/mol. The van der Waals surface area contributed by atoms with Gasteiger partial charge in [0.1, 0.15) is 0 Å². The van der Waals surface area contributed by atoms with Gasteiger partial charge in [0.15, 0.2) is 5.96 Å². The predicted octanol–water partition coefficient (Wildman–Crippen LogP) is 3.86. The maximum Gasteiger partial charge on any atom is 0.253 e. The Morgan fingerprint density at radius 2 is 1.52 bits per heavy atom. The van der Waals surface area contributed by atoms with E-state index in [-0.39, 0.29) is 29.9 Å². The zero-order valence-corrected chi connectivity index (χ0v) is 21.4. The van der Waals surface area contributed by atoms with E-state index in [1.807, 2.05) is 36.2 Å². The summed E-state index contributed by atoms with van der Waals surface area (Å²) in [5.74, 6) is 0.996. The van der Waals surface area contributed by atoms with Gasteiger partial charge in [-0.2, -0.15) is 0 Å². The fourth-order valence-electron chi connectivity index (χ4n) is 4.32. The number of rotatable bonds is 7. The van der Waals surface area contributed by atoms with E-state index in [9.17, 15) is 4.79 Å². The molecule has 7 heteroatoms. The van der Waals surface area contributed by atoms with E-state index in [1.54, 1.807) is 0 Å². The van der Waals surface area contributed by atoms with Gasteiger partial charge < -0.3 is 20.4 Å². The maximum absolute atomic E-state index is 12.6. The second-order valence-electron chi connectivity index (χ2n) is 8.51. The van der Waals surface area contributed by atoms with Gasteiger partial charge >= 0.3 is 0 Å². The first-order valence-corrected chi connectivity index (χ1v) is 11.8. The van der Waals surface area contributed by atoms with Gasteiger partial charge in [0.2, 0.25) is 0 Å². The second kappa shape index (κ2) is 14.7. The van der Waals surface area contributed by atoms with E-state index in [0.29, 0.717) is 6.54 Å². The third kappa shape index (κ3) is 8.96. The van der Waals surface area contributed by atoms with E-state index in [4.69, 9.17) is 0 Å². The topological polar surface area (TPSA) is 60.0 Å². The standard InChI is InChI=1S/C24H39N5O.HI/c1-25-24(26-14-9-17-28-15-5-2-3-6-16-28)27-20-21-10-12-22(13-11-21)23(30)29-18-7-4-8-19-29;/h10-13H,2-9,14-20H2,1H3,(H2,25,26,27);1H. The van der Waals surface area contributed by atoms with Gasteiger partial charge in [-0.05, 0) is 75.9 Å². The van der Waals surface area contributed by atoms with Gasteiger partial charge in [-0.1, -0.05) is 25.0 Å². The number of carbonyl (C=O) groups excluding carboxylic acids is 1. The summed E-state index contributed by atoms with van der Waals surface area (Å²) in [6, 6.07) is 7.98. The number of nitrogens with one attached hydrogen (secondary N) is 2. The summed E-state index contributed by atoms with van der Waals surface area (Å²) in [6.07, 6.45) is 10.1. The molecule has 0 saturated carbocycles. The molecule has 6 nitrogen and oxygen atoms in total. The molecular weight excluding hydrogens is 501 g/mol. The molecule has 0 spiro atoms. The Morgan fingerprint density at radius 3 is 2.16 bits per heavy atom. The number of aliphatic imine (C=N–C) groups is 1. The van der Waals surface area contributed by atoms with Crippen molar-refractivity contribution in [1.29, 1.82) is 0 Å². The molecule has 0 bridgehead atoms. The Labute approximate surface area is 205 Å². The fraction of sp³-hybridized carbons (Fsp3) is 0.667. The van der Waals surface area contributed by atoms with E-state index >= 15 is 0 Å². The third-order valence-corrected chi connectivity index (χ3v) is 6.17. The molecule has 0 atom stereocenters. The molecule has 2 N–H and O–H groups in total. The molecule has 1 amide bonds. The number of hydrogen-bond acceptors (Lipinski definition) is 3. The highest BCUT2D eigenvalue weighted by molar-refractivity contribution is 14.0. The van der Waals surface area contributed by atoms with Crippen LogP contribution in [0.25, 0.3) is 0 Å². The number of nitrogens with zero attached hydrogens (tertiary/aromatic N) is 3. The number of hydrogen-bond donors (Lipinski definition) is 2. The number of guanidine groups is 1. The smallest absolute Gasteiger partial charge is 0.253 e. The van der Waals surface area contributed by atoms with E-state index in [0.717, 1.165) is 62.5 Å². The zero-order chi connectivity index (χ0) is 21.0. The molecule has 2 aliphatic rings. The fourth-order valence-corrected chi connectivity index (χ4v) is 4.32. The lowest BCUT2D eigenvalue weighted by molar-refractivity contribution is 0.0724. The molecule has 0 aliphatic carbocycles. The van der Waals surface area contributed by atoms with E-state index in [2.05, 4.69) is 20.5 Å². The molecule has 0 aromatic heterocycles. The van der Waals surface area contributed by atoms with Gasteiger partial charge in [-0.25, -0.2) is 0 Å². The Bertz CT molecular complexity index is 665. The van der Waals surface area contributed by atoms with Crippen LogP contribution in [0.5, 0.6) is 0 Å². The highest BCUT2D eigenvalue weighted by Crippen LogP contribution is 2.14. The molecule has 31 heavy (non-hydrogen) atoms. The number of piperidine rings is 1. The van der Waals surface area contributed by atoms with Crippen molar-refractivity contribution in [3.05, 3.63) is 35.4 Å². The molecule has 3 rings (SSSR count). The number of benzene rings is 1. The minimum atomic E-state index is 0. The minimum absolute atomic E-state index is 0. The lowest BCUT2D eigenvalue weighted by atomic mass is 10.1. The van der Waals surface area contributed by atoms with Crippen molar-refractivity contribution >= 4 is 35.8 Å². The predicted molar refractivity (Wildman–Crippen MR) is 139 cm³/mol. The number of carbonyl (C=O) groups is 1. The van der Waals surface area contributed by atoms with Crippen molar-refractivity contribution in [2.24, 2.45) is 4.99 Å². The molecule has 0 unspecified atom stereocenters. The molecule has 2 fully saturated rings. The monoisotopic (exact) mass is 541 g/mol. The van der Waals surface area contributed by atoms with Crippen molar-refractivity contribution in [1.82, 2.24) is 20.4 Å². The first kappa shape index (κ1) is 25.9. The Kier molecular flexibility index (Phi) is 12.3. The molecule has 2 saturated heterocycles. The molecular formula is C24H40IN5O. The van der Waals surface area contributed by atoms with Crippen LogP contribution >= 0.6 is 24.0 Å². The van der Waals surface area contributed by atoms with Crippen molar-refractivity contribution in [2.75, 3.05) is 46.3 Å². The second-order valence-corrected chi connectivity index (χ2v) is 8.51. The summed E-state index contributed by atoms with van der Waals surface area (Å²) < 4.78 is 0. The van der Waals surface area contributed by atoms with Crippen LogP contribution < -0.4 is 10.6 Å². The first-order chi connectivity index (χ1) is 14.8. The van der Waals surface area contributed by atoms with Crippen LogP contribution in [0, 0.1) is 0 Å². The van der Waals surface area contributed by atoms with E-state index in [1.165, 1.54) is 45.2 Å². The van der Waals surface area contributed by atoms with Crippen molar-refractivity contribution in [2.45, 2.75) is 57.9 Å². The van der Waals surface area contributed by atoms with Crippen LogP contribution in [0.1, 0.15) is 67.3 Å². The van der Waals surface area contributed by atoms with Crippen LogP contribution in [0.2, 0.25) is 0 Å². The lowest BCUT2D eigenvalue weighted by Gasteiger charge is -2.26. The summed E-state index contributed by atoms with van der Waals surface area (Å²) in [5.41, 5.74) is 1.94. The molecule has 1 aromatic carbocycles. The first-order valence-electron chi connectivity index (χ1n) is 11.8. The Hall–Kier alpha value is -1.35. The zero-order valence-electron chi connectivity index (χ0n) is 19.1. The summed E-state index contributed by atoms with van der Waals surface area (Å²) >= 11 is 0. The molecule has 2 aliphatic heterocycles. The number of halogens is 1. The van der Waals surface area contributed by atoms with Crippen LogP contribution in [-0.4, -0.2) is 68.0 Å². The van der Waals surface area contributed by atoms with Crippen LogP contribution in [-0.2, 0) is 6.54 Å². The summed E-state index contributed by atoms with van der Waals surface area (Å²) in [6.45, 7) is 7.08. The van der Waals surface area contributed by atoms with Crippen molar-refractivity contribution < 1.29 is 4.79 Å². The average Bonchev–Trinajstić information content (AvgIpc) is 3.08. The highest BCUT2D eigenvalue weighted by atomic mass is 127. The van der Waals surface area contributed by atoms with Gasteiger partial charge in [-0.3, -0.25) is 9.79 Å². The van der Waals surface area contributed by atoms with Gasteiger partial charge in [0.25, 0.3) is 5.91 Å². The Morgan fingerprint density at radius 1 is 0.903 bits per heavy atom. The van der Waals surface area contributed by atoms with Crippen molar-refractivity contribution in [3.8, 4) is 0 Å². The van der Waals surface area contributed by atoms with Crippen LogP contribution in [0.15, 0.2) is 29.3 Å². The summed E-state index contributed by atoms with van der Waals surface area (Å²) in [7, 11) is 1.81. The molecule has 174 valence electrons. The Balaban J connectivity index is 0.00000341.